The van der Waals surface area contributed by atoms with Crippen molar-refractivity contribution in [2.45, 2.75) is 13.8 Å². The van der Waals surface area contributed by atoms with E-state index in [-0.39, 0.29) is 5.91 Å². The number of halogens is 1. The van der Waals surface area contributed by atoms with Gasteiger partial charge in [0.15, 0.2) is 11.5 Å². The van der Waals surface area contributed by atoms with E-state index in [2.05, 4.69) is 25.8 Å². The summed E-state index contributed by atoms with van der Waals surface area (Å²) in [5.41, 5.74) is 4.38. The third-order valence-electron chi connectivity index (χ3n) is 5.08. The van der Waals surface area contributed by atoms with Gasteiger partial charge in [-0.05, 0) is 44.2 Å². The monoisotopic (exact) mass is 444 g/mol. The van der Waals surface area contributed by atoms with Gasteiger partial charge in [-0.3, -0.25) is 4.79 Å². The van der Waals surface area contributed by atoms with E-state index in [0.717, 1.165) is 11.3 Å². The van der Waals surface area contributed by atoms with Crippen LogP contribution in [0.1, 0.15) is 21.9 Å². The molecule has 0 bridgehead atoms. The number of fused-ring (bicyclic) bond motifs is 1. The Morgan fingerprint density at radius 1 is 1.00 bits per heavy atom. The van der Waals surface area contributed by atoms with Crippen LogP contribution in [0.4, 0.5) is 5.69 Å². The average Bonchev–Trinajstić information content (AvgIpc) is 3.37. The second kappa shape index (κ2) is 7.90. The molecule has 1 N–H and O–H groups in total. The van der Waals surface area contributed by atoms with Gasteiger partial charge in [-0.1, -0.05) is 47.1 Å². The van der Waals surface area contributed by atoms with Crippen molar-refractivity contribution in [1.29, 1.82) is 0 Å². The molecule has 1 amide bonds. The smallest absolute Gasteiger partial charge is 0.261 e. The molecule has 3 aromatic heterocycles. The van der Waals surface area contributed by atoms with Gasteiger partial charge in [0.05, 0.1) is 10.7 Å². The van der Waals surface area contributed by atoms with E-state index in [1.165, 1.54) is 0 Å². The number of benzene rings is 2. The van der Waals surface area contributed by atoms with E-state index in [1.54, 1.807) is 23.6 Å². The molecular weight excluding hydrogens is 428 g/mol. The lowest BCUT2D eigenvalue weighted by atomic mass is 10.1. The largest absolute Gasteiger partial charge is 0.360 e. The number of hydrogen-bond donors (Lipinski definition) is 1. The number of anilines is 1. The van der Waals surface area contributed by atoms with Crippen molar-refractivity contribution in [3.8, 4) is 22.5 Å². The van der Waals surface area contributed by atoms with Crippen molar-refractivity contribution >= 4 is 28.8 Å². The number of hydrogen-bond acceptors (Lipinski definition) is 6. The fourth-order valence-electron chi connectivity index (χ4n) is 3.44. The Kier molecular flexibility index (Phi) is 4.91. The van der Waals surface area contributed by atoms with Gasteiger partial charge in [-0.15, -0.1) is 10.2 Å². The first-order valence-corrected chi connectivity index (χ1v) is 10.2. The van der Waals surface area contributed by atoms with Crippen LogP contribution < -0.4 is 5.32 Å². The summed E-state index contributed by atoms with van der Waals surface area (Å²) in [6.07, 6.45) is 0. The van der Waals surface area contributed by atoms with Crippen LogP contribution in [-0.4, -0.2) is 30.9 Å². The molecule has 0 saturated heterocycles. The van der Waals surface area contributed by atoms with Crippen LogP contribution in [0.2, 0.25) is 5.02 Å². The zero-order valence-corrected chi connectivity index (χ0v) is 18.0. The van der Waals surface area contributed by atoms with E-state index in [1.807, 2.05) is 55.5 Å². The first-order valence-electron chi connectivity index (χ1n) is 9.83. The molecule has 5 aromatic rings. The van der Waals surface area contributed by atoms with E-state index in [0.29, 0.717) is 44.8 Å². The predicted octanol–water partition coefficient (Wildman–Crippen LogP) is 4.97. The van der Waals surface area contributed by atoms with Crippen LogP contribution in [-0.2, 0) is 0 Å². The summed E-state index contributed by atoms with van der Waals surface area (Å²) in [5.74, 6) is 0.797. The Hall–Kier alpha value is -4.04. The highest BCUT2D eigenvalue weighted by Gasteiger charge is 2.23. The van der Waals surface area contributed by atoms with Crippen LogP contribution in [0.25, 0.3) is 28.2 Å². The average molecular weight is 445 g/mol. The van der Waals surface area contributed by atoms with Gasteiger partial charge in [0, 0.05) is 16.8 Å². The molecule has 0 aliphatic rings. The molecule has 0 radical (unpaired) electrons. The summed E-state index contributed by atoms with van der Waals surface area (Å²) < 4.78 is 6.98. The van der Waals surface area contributed by atoms with E-state index < -0.39 is 0 Å². The van der Waals surface area contributed by atoms with Crippen LogP contribution in [0.15, 0.2) is 65.2 Å². The van der Waals surface area contributed by atoms with E-state index in [9.17, 15) is 4.79 Å². The SMILES string of the molecule is Cc1onc(-c2ccccc2Cl)c1C(=O)Nc1ccc(-c2ccc3nnc(C)n3n2)cc1. The zero-order valence-electron chi connectivity index (χ0n) is 17.2. The molecule has 158 valence electrons. The summed E-state index contributed by atoms with van der Waals surface area (Å²) in [7, 11) is 0. The van der Waals surface area contributed by atoms with Gasteiger partial charge in [-0.25, -0.2) is 0 Å². The zero-order chi connectivity index (χ0) is 22.2. The lowest BCUT2D eigenvalue weighted by Gasteiger charge is -2.08. The Balaban J connectivity index is 1.41. The maximum Gasteiger partial charge on any atom is 0.261 e. The van der Waals surface area contributed by atoms with Crippen molar-refractivity contribution < 1.29 is 9.32 Å². The standard InChI is InChI=1S/C23H17ClN6O2/c1-13-21(22(29-32-13)17-5-3-4-6-18(17)24)23(31)25-16-9-7-15(8-10-16)19-11-12-20-27-26-14(2)30(20)28-19/h3-12H,1-2H3,(H,25,31). The number of aryl methyl sites for hydroxylation is 2. The fourth-order valence-corrected chi connectivity index (χ4v) is 3.67. The quantitative estimate of drug-likeness (QED) is 0.420. The highest BCUT2D eigenvalue weighted by Crippen LogP contribution is 2.31. The van der Waals surface area contributed by atoms with E-state index in [4.69, 9.17) is 16.1 Å². The van der Waals surface area contributed by atoms with Gasteiger partial charge in [0.25, 0.3) is 5.91 Å². The Morgan fingerprint density at radius 2 is 1.78 bits per heavy atom. The molecule has 0 atom stereocenters. The second-order valence-electron chi connectivity index (χ2n) is 7.21. The third-order valence-corrected chi connectivity index (χ3v) is 5.41. The van der Waals surface area contributed by atoms with Crippen LogP contribution >= 0.6 is 11.6 Å². The summed E-state index contributed by atoms with van der Waals surface area (Å²) >= 11 is 6.29. The summed E-state index contributed by atoms with van der Waals surface area (Å²) in [6.45, 7) is 3.54. The summed E-state index contributed by atoms with van der Waals surface area (Å²) in [5, 5.41) is 20.1. The van der Waals surface area contributed by atoms with Crippen molar-refractivity contribution in [3.63, 3.8) is 0 Å². The van der Waals surface area contributed by atoms with Crippen molar-refractivity contribution in [3.05, 3.63) is 82.8 Å². The fraction of sp³-hybridized carbons (Fsp3) is 0.0870. The normalized spacial score (nSPS) is 11.1. The van der Waals surface area contributed by atoms with Crippen LogP contribution in [0.5, 0.6) is 0 Å². The van der Waals surface area contributed by atoms with Gasteiger partial charge >= 0.3 is 0 Å². The van der Waals surface area contributed by atoms with Crippen LogP contribution in [0.3, 0.4) is 0 Å². The van der Waals surface area contributed by atoms with Crippen molar-refractivity contribution in [1.82, 2.24) is 25.0 Å². The molecule has 0 unspecified atom stereocenters. The summed E-state index contributed by atoms with van der Waals surface area (Å²) in [6, 6.07) is 18.3. The topological polar surface area (TPSA) is 98.2 Å². The molecule has 5 rings (SSSR count). The first-order chi connectivity index (χ1) is 15.5. The first kappa shape index (κ1) is 19.9. The molecule has 8 nitrogen and oxygen atoms in total. The maximum atomic E-state index is 13.0. The predicted molar refractivity (Wildman–Crippen MR) is 121 cm³/mol. The molecule has 9 heteroatoms. The lowest BCUT2D eigenvalue weighted by Crippen LogP contribution is -2.13. The molecule has 32 heavy (non-hydrogen) atoms. The highest BCUT2D eigenvalue weighted by molar-refractivity contribution is 6.33. The van der Waals surface area contributed by atoms with Gasteiger partial charge in [0.1, 0.15) is 17.0 Å². The number of carbonyl (C=O) groups excluding carboxylic acids is 1. The second-order valence-corrected chi connectivity index (χ2v) is 7.62. The minimum Gasteiger partial charge on any atom is -0.360 e. The Labute approximate surface area is 187 Å². The molecule has 0 spiro atoms. The van der Waals surface area contributed by atoms with Crippen molar-refractivity contribution in [2.24, 2.45) is 0 Å². The number of nitrogens with zero attached hydrogens (tertiary/aromatic N) is 5. The third kappa shape index (κ3) is 3.50. The number of amides is 1. The molecule has 0 aliphatic heterocycles. The summed E-state index contributed by atoms with van der Waals surface area (Å²) in [4.78, 5) is 13.0. The minimum atomic E-state index is -0.328. The molecule has 0 saturated carbocycles. The Bertz CT molecular complexity index is 1460. The molecule has 0 fully saturated rings. The maximum absolute atomic E-state index is 13.0. The van der Waals surface area contributed by atoms with Crippen molar-refractivity contribution in [2.75, 3.05) is 5.32 Å². The van der Waals surface area contributed by atoms with Crippen LogP contribution in [0, 0.1) is 13.8 Å². The number of aromatic nitrogens is 5. The minimum absolute atomic E-state index is 0.328. The number of nitrogens with one attached hydrogen (secondary N) is 1. The molecule has 2 aromatic carbocycles. The Morgan fingerprint density at radius 3 is 2.56 bits per heavy atom. The number of rotatable bonds is 4. The lowest BCUT2D eigenvalue weighted by molar-refractivity contribution is 0.102. The van der Waals surface area contributed by atoms with Gasteiger partial charge in [0.2, 0.25) is 0 Å². The van der Waals surface area contributed by atoms with Gasteiger partial charge < -0.3 is 9.84 Å². The molecular formula is C23H17ClN6O2. The molecule has 0 aliphatic carbocycles. The van der Waals surface area contributed by atoms with E-state index >= 15 is 0 Å². The number of carbonyl (C=O) groups is 1. The highest BCUT2D eigenvalue weighted by atomic mass is 35.5. The van der Waals surface area contributed by atoms with Gasteiger partial charge in [-0.2, -0.15) is 9.61 Å². The molecule has 3 heterocycles.